The molecule has 0 aromatic heterocycles. The Balaban J connectivity index is 3.52. The molecule has 0 spiro atoms. The minimum atomic E-state index is -1.06. The largest absolute Gasteiger partial charge is 0.544 e. The molecule has 0 bridgehead atoms. The molecule has 5 nitrogen and oxygen atoms in total. The van der Waals surface area contributed by atoms with Crippen LogP contribution in [-0.2, 0) is 9.59 Å². The van der Waals surface area contributed by atoms with Gasteiger partial charge in [0.2, 0.25) is 5.91 Å². The van der Waals surface area contributed by atoms with E-state index in [0.29, 0.717) is 30.4 Å². The molecule has 0 aliphatic carbocycles. The third-order valence-electron chi connectivity index (χ3n) is 3.58. The monoisotopic (exact) mass is 318 g/mol. The maximum Gasteiger partial charge on any atom is 0.219 e. The van der Waals surface area contributed by atoms with E-state index in [1.807, 2.05) is 14.1 Å². The lowest BCUT2D eigenvalue weighted by atomic mass is 10.1. The van der Waals surface area contributed by atoms with Crippen molar-refractivity contribution in [1.29, 1.82) is 0 Å². The molecule has 1 N–H and O–H groups in total. The summed E-state index contributed by atoms with van der Waals surface area (Å²) < 4.78 is 12.9. The van der Waals surface area contributed by atoms with Gasteiger partial charge < -0.3 is 19.7 Å². The average Bonchev–Trinajstić information content (AvgIpc) is 2.37. The number of unbranched alkanes of at least 4 members (excludes halogenated alkanes) is 3. The summed E-state index contributed by atoms with van der Waals surface area (Å²) in [4.78, 5) is 22.2. The molecule has 6 heteroatoms. The zero-order valence-corrected chi connectivity index (χ0v) is 14.2. The summed E-state index contributed by atoms with van der Waals surface area (Å²) in [5, 5.41) is 13.4. The lowest BCUT2D eigenvalue weighted by Gasteiger charge is -2.30. The van der Waals surface area contributed by atoms with Crippen LogP contribution in [0.15, 0.2) is 0 Å². The lowest BCUT2D eigenvalue weighted by molar-refractivity contribution is -0.884. The van der Waals surface area contributed by atoms with Crippen molar-refractivity contribution in [2.45, 2.75) is 58.0 Å². The standard InChI is InChI=1S/C16H31FN2O3/c1-14(17)9-6-4-5-7-10-15(20)18-11-8-12-19(2,3)13-16(21)22/h14H,4-13H2,1-3H3,(H-,18,20,21,22). The molecule has 1 atom stereocenters. The maximum atomic E-state index is 12.6. The Morgan fingerprint density at radius 2 is 1.77 bits per heavy atom. The van der Waals surface area contributed by atoms with Gasteiger partial charge in [0.1, 0.15) is 6.54 Å². The number of hydrogen-bond acceptors (Lipinski definition) is 3. The Morgan fingerprint density at radius 3 is 2.36 bits per heavy atom. The summed E-state index contributed by atoms with van der Waals surface area (Å²) in [6.45, 7) is 2.79. The fraction of sp³-hybridized carbons (Fsp3) is 0.875. The molecule has 0 aromatic carbocycles. The number of quaternary nitrogens is 1. The summed E-state index contributed by atoms with van der Waals surface area (Å²) in [7, 11) is 3.66. The zero-order valence-electron chi connectivity index (χ0n) is 14.2. The maximum absolute atomic E-state index is 12.6. The molecular weight excluding hydrogens is 287 g/mol. The van der Waals surface area contributed by atoms with Crippen LogP contribution in [0.3, 0.4) is 0 Å². The van der Waals surface area contributed by atoms with Crippen molar-refractivity contribution in [3.8, 4) is 0 Å². The molecule has 0 saturated heterocycles. The molecule has 0 aliphatic heterocycles. The second-order valence-electron chi connectivity index (χ2n) is 6.63. The van der Waals surface area contributed by atoms with E-state index in [0.717, 1.165) is 32.1 Å². The highest BCUT2D eigenvalue weighted by Gasteiger charge is 2.14. The highest BCUT2D eigenvalue weighted by atomic mass is 19.1. The van der Waals surface area contributed by atoms with Gasteiger partial charge >= 0.3 is 0 Å². The summed E-state index contributed by atoms with van der Waals surface area (Å²) in [5.74, 6) is -1.03. The number of alkyl halides is 1. The number of carbonyl (C=O) groups is 2. The van der Waals surface area contributed by atoms with Crippen molar-refractivity contribution in [3.63, 3.8) is 0 Å². The van der Waals surface area contributed by atoms with Crippen molar-refractivity contribution in [1.82, 2.24) is 5.32 Å². The molecule has 0 heterocycles. The van der Waals surface area contributed by atoms with Crippen LogP contribution in [0.4, 0.5) is 4.39 Å². The molecule has 22 heavy (non-hydrogen) atoms. The molecule has 0 fully saturated rings. The van der Waals surface area contributed by atoms with Gasteiger partial charge in [-0.2, -0.15) is 0 Å². The minimum Gasteiger partial charge on any atom is -0.544 e. The average molecular weight is 318 g/mol. The van der Waals surface area contributed by atoms with Crippen LogP contribution in [-0.4, -0.2) is 56.3 Å². The smallest absolute Gasteiger partial charge is 0.219 e. The third kappa shape index (κ3) is 13.8. The quantitative estimate of drug-likeness (QED) is 0.407. The van der Waals surface area contributed by atoms with Gasteiger partial charge in [0.15, 0.2) is 0 Å². The van der Waals surface area contributed by atoms with Gasteiger partial charge in [-0.15, -0.1) is 0 Å². The van der Waals surface area contributed by atoms with Gasteiger partial charge in [0.05, 0.1) is 32.8 Å². The van der Waals surface area contributed by atoms with E-state index in [4.69, 9.17) is 0 Å². The topological polar surface area (TPSA) is 69.2 Å². The van der Waals surface area contributed by atoms with Crippen molar-refractivity contribution >= 4 is 11.9 Å². The summed E-state index contributed by atoms with van der Waals surface area (Å²) >= 11 is 0. The molecule has 0 rings (SSSR count). The first-order valence-corrected chi connectivity index (χ1v) is 8.15. The third-order valence-corrected chi connectivity index (χ3v) is 3.58. The molecular formula is C16H31FN2O3. The second-order valence-corrected chi connectivity index (χ2v) is 6.63. The Kier molecular flexibility index (Phi) is 10.8. The summed E-state index contributed by atoms with van der Waals surface area (Å²) in [6, 6.07) is 0. The Bertz CT molecular complexity index is 333. The van der Waals surface area contributed by atoms with Crippen LogP contribution >= 0.6 is 0 Å². The molecule has 0 aromatic rings. The minimum absolute atomic E-state index is 0.0224. The van der Waals surface area contributed by atoms with Gasteiger partial charge in [0.25, 0.3) is 0 Å². The van der Waals surface area contributed by atoms with Crippen molar-refractivity contribution in [3.05, 3.63) is 0 Å². The molecule has 0 saturated carbocycles. The van der Waals surface area contributed by atoms with Crippen LogP contribution in [0.5, 0.6) is 0 Å². The van der Waals surface area contributed by atoms with E-state index in [-0.39, 0.29) is 12.5 Å². The molecule has 0 radical (unpaired) electrons. The van der Waals surface area contributed by atoms with E-state index in [9.17, 15) is 19.1 Å². The molecule has 0 aliphatic rings. The van der Waals surface area contributed by atoms with Crippen LogP contribution in [0, 0.1) is 0 Å². The van der Waals surface area contributed by atoms with E-state index in [2.05, 4.69) is 5.32 Å². The Labute approximate surface area is 133 Å². The number of rotatable bonds is 13. The van der Waals surface area contributed by atoms with Crippen molar-refractivity contribution in [2.75, 3.05) is 33.7 Å². The molecule has 130 valence electrons. The number of carboxylic acid groups (broad SMARTS) is 1. The van der Waals surface area contributed by atoms with Gasteiger partial charge in [-0.05, 0) is 19.8 Å². The van der Waals surface area contributed by atoms with Gasteiger partial charge in [0, 0.05) is 19.4 Å². The first-order valence-electron chi connectivity index (χ1n) is 8.15. The van der Waals surface area contributed by atoms with E-state index in [1.54, 1.807) is 6.92 Å². The number of carbonyl (C=O) groups excluding carboxylic acids is 2. The predicted molar refractivity (Wildman–Crippen MR) is 82.7 cm³/mol. The first-order chi connectivity index (χ1) is 10.2. The SMILES string of the molecule is CC(F)CCCCCCC(=O)NCCC[N+](C)(C)CC(=O)[O-]. The summed E-state index contributed by atoms with van der Waals surface area (Å²) in [6.07, 6.45) is 4.74. The number of nitrogens with one attached hydrogen (secondary N) is 1. The van der Waals surface area contributed by atoms with Crippen LogP contribution < -0.4 is 10.4 Å². The highest BCUT2D eigenvalue weighted by molar-refractivity contribution is 5.75. The number of nitrogens with zero attached hydrogens (tertiary/aromatic N) is 1. The molecule has 1 amide bonds. The number of likely N-dealkylation sites (N-methyl/N-ethyl adjacent to an activating group) is 1. The second kappa shape index (κ2) is 11.4. The lowest BCUT2D eigenvalue weighted by Crippen LogP contribution is -2.49. The number of aliphatic carboxylic acids is 1. The van der Waals surface area contributed by atoms with Crippen LogP contribution in [0.25, 0.3) is 0 Å². The van der Waals surface area contributed by atoms with Gasteiger partial charge in [-0.25, -0.2) is 4.39 Å². The van der Waals surface area contributed by atoms with Gasteiger partial charge in [-0.1, -0.05) is 19.3 Å². The number of halogens is 1. The van der Waals surface area contributed by atoms with E-state index < -0.39 is 12.1 Å². The van der Waals surface area contributed by atoms with E-state index in [1.165, 1.54) is 0 Å². The molecule has 1 unspecified atom stereocenters. The Hall–Kier alpha value is -1.17. The number of carboxylic acids is 1. The van der Waals surface area contributed by atoms with Crippen LogP contribution in [0.2, 0.25) is 0 Å². The Morgan fingerprint density at radius 1 is 1.14 bits per heavy atom. The first kappa shape index (κ1) is 20.8. The fourth-order valence-electron chi connectivity index (χ4n) is 2.32. The predicted octanol–water partition coefficient (Wildman–Crippen LogP) is 1.02. The zero-order chi connectivity index (χ0) is 17.0. The summed E-state index contributed by atoms with van der Waals surface area (Å²) in [5.41, 5.74) is 0. The fourth-order valence-corrected chi connectivity index (χ4v) is 2.32. The van der Waals surface area contributed by atoms with Crippen molar-refractivity contribution in [2.24, 2.45) is 0 Å². The van der Waals surface area contributed by atoms with Gasteiger partial charge in [-0.3, -0.25) is 4.79 Å². The van der Waals surface area contributed by atoms with Crippen LogP contribution in [0.1, 0.15) is 51.9 Å². The van der Waals surface area contributed by atoms with Crippen molar-refractivity contribution < 1.29 is 23.6 Å². The highest BCUT2D eigenvalue weighted by Crippen LogP contribution is 2.08. The number of hydrogen-bond donors (Lipinski definition) is 1. The number of amides is 1. The van der Waals surface area contributed by atoms with E-state index >= 15 is 0 Å². The normalized spacial score (nSPS) is 12.9.